The van der Waals surface area contributed by atoms with Crippen molar-refractivity contribution >= 4 is 60.2 Å². The number of carbonyl (C=O) groups excluding carboxylic acids is 1. The van der Waals surface area contributed by atoms with Gasteiger partial charge in [-0.2, -0.15) is 0 Å². The van der Waals surface area contributed by atoms with Gasteiger partial charge in [-0.3, -0.25) is 4.79 Å². The molecule has 4 heteroatoms. The Morgan fingerprint density at radius 3 is 2.62 bits per heavy atom. The Morgan fingerprint density at radius 2 is 2.15 bits per heavy atom. The van der Waals surface area contributed by atoms with Crippen LogP contribution in [0.1, 0.15) is 15.9 Å². The van der Waals surface area contributed by atoms with E-state index in [4.69, 9.17) is 0 Å². The zero-order chi connectivity index (χ0) is 10.0. The molecule has 13 heavy (non-hydrogen) atoms. The van der Waals surface area contributed by atoms with Gasteiger partial charge in [0.2, 0.25) is 0 Å². The Bertz CT molecular complexity index is 326. The molecule has 0 radical (unpaired) electrons. The van der Waals surface area contributed by atoms with E-state index in [0.29, 0.717) is 5.33 Å². The smallest absolute Gasteiger partial charge is 0.175 e. The highest BCUT2D eigenvalue weighted by molar-refractivity contribution is 14.1. The molecule has 0 bridgehead atoms. The minimum absolute atomic E-state index is 0.108. The number of hydrogen-bond donors (Lipinski definition) is 0. The zero-order valence-corrected chi connectivity index (χ0v) is 12.2. The molecule has 1 rings (SSSR count). The maximum Gasteiger partial charge on any atom is 0.175 e. The van der Waals surface area contributed by atoms with Crippen molar-refractivity contribution in [3.8, 4) is 0 Å². The summed E-state index contributed by atoms with van der Waals surface area (Å²) >= 11 is 8.74. The second kappa shape index (κ2) is 4.89. The predicted octanol–water partition coefficient (Wildman–Crippen LogP) is 3.94. The largest absolute Gasteiger partial charge is 0.293 e. The number of hydrogen-bond acceptors (Lipinski definition) is 1. The lowest BCUT2D eigenvalue weighted by atomic mass is 10.1. The molecule has 1 nitrogen and oxygen atoms in total. The Labute approximate surface area is 108 Å². The Hall–Kier alpha value is 0.580. The number of benzene rings is 1. The highest BCUT2D eigenvalue weighted by Crippen LogP contribution is 2.25. The standard InChI is InChI=1S/C9H7Br2IO/c1-5-2-6(11)9(7(12)3-5)8(13)4-10/h2-3H,4H2,1H3. The molecule has 0 N–H and O–H groups in total. The average molecular weight is 418 g/mol. The van der Waals surface area contributed by atoms with Crippen molar-refractivity contribution in [2.24, 2.45) is 0 Å². The van der Waals surface area contributed by atoms with Crippen LogP contribution in [0.2, 0.25) is 0 Å². The fraction of sp³-hybridized carbons (Fsp3) is 0.222. The first-order valence-corrected chi connectivity index (χ1v) is 6.60. The van der Waals surface area contributed by atoms with E-state index in [1.54, 1.807) is 0 Å². The third-order valence-electron chi connectivity index (χ3n) is 1.59. The zero-order valence-electron chi connectivity index (χ0n) is 6.90. The van der Waals surface area contributed by atoms with Crippen LogP contribution in [0.3, 0.4) is 0 Å². The van der Waals surface area contributed by atoms with Gasteiger partial charge in [0.05, 0.1) is 5.33 Å². The number of ketones is 1. The van der Waals surface area contributed by atoms with Crippen LogP contribution < -0.4 is 0 Å². The summed E-state index contributed by atoms with van der Waals surface area (Å²) in [6, 6.07) is 3.96. The number of halogens is 3. The number of alkyl halides is 1. The van der Waals surface area contributed by atoms with Gasteiger partial charge in [-0.1, -0.05) is 15.9 Å². The van der Waals surface area contributed by atoms with Gasteiger partial charge in [0.25, 0.3) is 0 Å². The normalized spacial score (nSPS) is 10.2. The fourth-order valence-corrected chi connectivity index (χ4v) is 3.56. The number of aryl methyl sites for hydroxylation is 1. The van der Waals surface area contributed by atoms with Gasteiger partial charge in [-0.25, -0.2) is 0 Å². The van der Waals surface area contributed by atoms with Crippen LogP contribution in [-0.2, 0) is 0 Å². The van der Waals surface area contributed by atoms with Crippen LogP contribution in [0.5, 0.6) is 0 Å². The van der Waals surface area contributed by atoms with E-state index in [1.807, 2.05) is 19.1 Å². The first kappa shape index (κ1) is 11.7. The summed E-state index contributed by atoms with van der Waals surface area (Å²) in [5.74, 6) is 0.108. The average Bonchev–Trinajstić information content (AvgIpc) is 2.02. The van der Waals surface area contributed by atoms with Gasteiger partial charge < -0.3 is 0 Å². The van der Waals surface area contributed by atoms with Gasteiger partial charge in [-0.15, -0.1) is 0 Å². The Morgan fingerprint density at radius 1 is 1.54 bits per heavy atom. The topological polar surface area (TPSA) is 17.1 Å². The van der Waals surface area contributed by atoms with Crippen molar-refractivity contribution in [2.45, 2.75) is 6.92 Å². The van der Waals surface area contributed by atoms with Crippen molar-refractivity contribution in [2.75, 3.05) is 5.33 Å². The van der Waals surface area contributed by atoms with Crippen LogP contribution >= 0.6 is 54.5 Å². The number of rotatable bonds is 2. The monoisotopic (exact) mass is 416 g/mol. The van der Waals surface area contributed by atoms with Crippen LogP contribution in [0.15, 0.2) is 16.6 Å². The van der Waals surface area contributed by atoms with E-state index in [1.165, 1.54) is 0 Å². The van der Waals surface area contributed by atoms with Crippen LogP contribution in [-0.4, -0.2) is 11.1 Å². The maximum atomic E-state index is 11.5. The molecule has 1 aromatic rings. The molecule has 0 saturated heterocycles. The Balaban J connectivity index is 3.28. The van der Waals surface area contributed by atoms with Gasteiger partial charge in [0, 0.05) is 13.6 Å². The summed E-state index contributed by atoms with van der Waals surface area (Å²) in [5, 5.41) is 0.366. The number of Topliss-reactive ketones (excluding diaryl/α,β-unsaturated/α-hetero) is 1. The van der Waals surface area contributed by atoms with E-state index in [-0.39, 0.29) is 5.78 Å². The lowest BCUT2D eigenvalue weighted by molar-refractivity contribution is 0.102. The summed E-state index contributed by atoms with van der Waals surface area (Å²) < 4.78 is 1.87. The molecule has 70 valence electrons. The van der Waals surface area contributed by atoms with Crippen LogP contribution in [0.4, 0.5) is 0 Å². The molecule has 0 aliphatic heterocycles. The number of carbonyl (C=O) groups is 1. The van der Waals surface area contributed by atoms with Crippen LogP contribution in [0, 0.1) is 10.5 Å². The molecule has 0 atom stereocenters. The van der Waals surface area contributed by atoms with Crippen molar-refractivity contribution < 1.29 is 4.79 Å². The van der Waals surface area contributed by atoms with Crippen molar-refractivity contribution in [1.82, 2.24) is 0 Å². The lowest BCUT2D eigenvalue weighted by Crippen LogP contribution is -2.04. The van der Waals surface area contributed by atoms with Crippen molar-refractivity contribution in [3.63, 3.8) is 0 Å². The molecule has 0 spiro atoms. The maximum absolute atomic E-state index is 11.5. The summed E-state index contributed by atoms with van der Waals surface area (Å²) in [5.41, 5.74) is 1.92. The van der Waals surface area contributed by atoms with E-state index in [9.17, 15) is 4.79 Å². The molecule has 1 aromatic carbocycles. The first-order valence-electron chi connectivity index (χ1n) is 3.61. The molecule has 0 aliphatic rings. The molecule has 0 saturated carbocycles. The molecule has 0 heterocycles. The molecule has 0 aromatic heterocycles. The minimum Gasteiger partial charge on any atom is -0.293 e. The van der Waals surface area contributed by atoms with E-state index < -0.39 is 0 Å². The summed E-state index contributed by atoms with van der Waals surface area (Å²) in [4.78, 5) is 11.5. The highest BCUT2D eigenvalue weighted by atomic mass is 127. The van der Waals surface area contributed by atoms with Crippen molar-refractivity contribution in [1.29, 1.82) is 0 Å². The molecular formula is C9H7Br2IO. The molecule has 0 amide bonds. The summed E-state index contributed by atoms with van der Waals surface area (Å²) in [6.07, 6.45) is 0. The Kier molecular flexibility index (Phi) is 4.38. The summed E-state index contributed by atoms with van der Waals surface area (Å²) in [6.45, 7) is 2.01. The second-order valence-corrected chi connectivity index (χ2v) is 5.24. The van der Waals surface area contributed by atoms with E-state index >= 15 is 0 Å². The van der Waals surface area contributed by atoms with Gasteiger partial charge in [0.1, 0.15) is 0 Å². The van der Waals surface area contributed by atoms with Crippen LogP contribution in [0.25, 0.3) is 0 Å². The minimum atomic E-state index is 0.108. The quantitative estimate of drug-likeness (QED) is 0.405. The third kappa shape index (κ3) is 2.76. The molecular weight excluding hydrogens is 411 g/mol. The van der Waals surface area contributed by atoms with Gasteiger partial charge in [0.15, 0.2) is 5.78 Å². The SMILES string of the molecule is Cc1cc(Br)c(C(=O)CBr)c(I)c1. The third-order valence-corrected chi connectivity index (χ3v) is 3.57. The molecule has 0 aliphatic carbocycles. The summed E-state index contributed by atoms with van der Waals surface area (Å²) in [7, 11) is 0. The fourth-order valence-electron chi connectivity index (χ4n) is 1.03. The highest BCUT2D eigenvalue weighted by Gasteiger charge is 2.12. The molecule has 0 unspecified atom stereocenters. The molecule has 0 fully saturated rings. The van der Waals surface area contributed by atoms with Crippen molar-refractivity contribution in [3.05, 3.63) is 31.3 Å². The van der Waals surface area contributed by atoms with E-state index in [2.05, 4.69) is 54.5 Å². The van der Waals surface area contributed by atoms with E-state index in [0.717, 1.165) is 19.2 Å². The van der Waals surface area contributed by atoms with Gasteiger partial charge >= 0.3 is 0 Å². The first-order chi connectivity index (χ1) is 6.06. The lowest BCUT2D eigenvalue weighted by Gasteiger charge is -2.05. The predicted molar refractivity (Wildman–Crippen MR) is 69.7 cm³/mol. The second-order valence-electron chi connectivity index (χ2n) is 2.66. The van der Waals surface area contributed by atoms with Gasteiger partial charge in [-0.05, 0) is 63.1 Å².